The zero-order chi connectivity index (χ0) is 12.1. The normalized spacial score (nSPS) is 14.1. The Morgan fingerprint density at radius 3 is 2.20 bits per heavy atom. The van der Waals surface area contributed by atoms with Crippen molar-refractivity contribution >= 4 is 15.8 Å². The molecule has 5 heteroatoms. The summed E-state index contributed by atoms with van der Waals surface area (Å²) in [5, 5.41) is 8.90. The molecule has 0 aliphatic carbocycles. The first-order chi connectivity index (χ1) is 6.72. The second kappa shape index (κ2) is 6.10. The number of rotatable bonds is 7. The molecule has 0 amide bonds. The third kappa shape index (κ3) is 8.42. The van der Waals surface area contributed by atoms with E-state index in [-0.39, 0.29) is 5.75 Å². The van der Waals surface area contributed by atoms with E-state index >= 15 is 0 Å². The molecule has 90 valence electrons. The average Bonchev–Trinajstić information content (AvgIpc) is 1.99. The van der Waals surface area contributed by atoms with Gasteiger partial charge in [-0.05, 0) is 25.2 Å². The van der Waals surface area contributed by atoms with Crippen molar-refractivity contribution in [1.82, 2.24) is 0 Å². The molecule has 15 heavy (non-hydrogen) atoms. The van der Waals surface area contributed by atoms with Gasteiger partial charge in [0.15, 0.2) is 0 Å². The zero-order valence-electron chi connectivity index (χ0n) is 9.56. The summed E-state index contributed by atoms with van der Waals surface area (Å²) in [7, 11) is -2.97. The van der Waals surface area contributed by atoms with Crippen LogP contribution in [-0.4, -0.2) is 31.5 Å². The van der Waals surface area contributed by atoms with Crippen molar-refractivity contribution in [3.8, 4) is 0 Å². The van der Waals surface area contributed by atoms with E-state index < -0.39 is 21.7 Å². The van der Waals surface area contributed by atoms with E-state index in [0.717, 1.165) is 0 Å². The monoisotopic (exact) mass is 236 g/mol. The van der Waals surface area contributed by atoms with Crippen molar-refractivity contribution in [3.05, 3.63) is 0 Å². The molecule has 0 radical (unpaired) electrons. The standard InChI is InChI=1S/C10H20O4S/c1-8(2)7-9(10(11)12)5-4-6-15(3,13)14/h8-9H,4-7H2,1-3H3,(H,11,12). The third-order valence-corrected chi connectivity index (χ3v) is 3.20. The Kier molecular flexibility index (Phi) is 5.87. The van der Waals surface area contributed by atoms with Crippen LogP contribution in [0.4, 0.5) is 0 Å². The van der Waals surface area contributed by atoms with Crippen molar-refractivity contribution in [2.75, 3.05) is 12.0 Å². The molecular weight excluding hydrogens is 216 g/mol. The van der Waals surface area contributed by atoms with Gasteiger partial charge in [-0.15, -0.1) is 0 Å². The number of hydrogen-bond acceptors (Lipinski definition) is 3. The van der Waals surface area contributed by atoms with Crippen LogP contribution >= 0.6 is 0 Å². The van der Waals surface area contributed by atoms with E-state index in [1.165, 1.54) is 6.26 Å². The second-order valence-electron chi connectivity index (χ2n) is 4.44. The van der Waals surface area contributed by atoms with Gasteiger partial charge >= 0.3 is 5.97 Å². The van der Waals surface area contributed by atoms with E-state index in [1.807, 2.05) is 13.8 Å². The van der Waals surface area contributed by atoms with Crippen molar-refractivity contribution in [2.45, 2.75) is 33.1 Å². The largest absolute Gasteiger partial charge is 0.481 e. The molecular formula is C10H20O4S. The number of aliphatic carboxylic acids is 1. The summed E-state index contributed by atoms with van der Waals surface area (Å²) in [5.41, 5.74) is 0. The topological polar surface area (TPSA) is 71.4 Å². The van der Waals surface area contributed by atoms with Gasteiger partial charge in [0.1, 0.15) is 9.84 Å². The van der Waals surface area contributed by atoms with Gasteiger partial charge in [-0.1, -0.05) is 13.8 Å². The van der Waals surface area contributed by atoms with Crippen molar-refractivity contribution < 1.29 is 18.3 Å². The number of carboxylic acid groups (broad SMARTS) is 1. The molecule has 0 aromatic rings. The third-order valence-electron chi connectivity index (χ3n) is 2.17. The summed E-state index contributed by atoms with van der Waals surface area (Å²) >= 11 is 0. The van der Waals surface area contributed by atoms with Gasteiger partial charge in [0.2, 0.25) is 0 Å². The fourth-order valence-electron chi connectivity index (χ4n) is 1.50. The molecule has 1 N–H and O–H groups in total. The minimum Gasteiger partial charge on any atom is -0.481 e. The summed E-state index contributed by atoms with van der Waals surface area (Å²) in [6, 6.07) is 0. The second-order valence-corrected chi connectivity index (χ2v) is 6.70. The lowest BCUT2D eigenvalue weighted by Gasteiger charge is -2.13. The summed E-state index contributed by atoms with van der Waals surface area (Å²) in [5.74, 6) is -0.831. The first-order valence-electron chi connectivity index (χ1n) is 5.13. The Morgan fingerprint density at radius 1 is 1.33 bits per heavy atom. The Morgan fingerprint density at radius 2 is 1.87 bits per heavy atom. The number of hydrogen-bond donors (Lipinski definition) is 1. The number of carboxylic acids is 1. The maximum atomic E-state index is 10.9. The minimum absolute atomic E-state index is 0.0782. The van der Waals surface area contributed by atoms with Crippen molar-refractivity contribution in [2.24, 2.45) is 11.8 Å². The molecule has 0 aliphatic heterocycles. The lowest BCUT2D eigenvalue weighted by Crippen LogP contribution is -2.17. The predicted octanol–water partition coefficient (Wildman–Crippen LogP) is 1.56. The molecule has 0 rings (SSSR count). The van der Waals surface area contributed by atoms with Crippen LogP contribution in [0.15, 0.2) is 0 Å². The Hall–Kier alpha value is -0.580. The van der Waals surface area contributed by atoms with Crippen LogP contribution in [0.1, 0.15) is 33.1 Å². The van der Waals surface area contributed by atoms with Gasteiger partial charge in [0.05, 0.1) is 5.92 Å². The summed E-state index contributed by atoms with van der Waals surface area (Å²) < 4.78 is 21.7. The highest BCUT2D eigenvalue weighted by molar-refractivity contribution is 7.90. The molecule has 0 aromatic heterocycles. The Labute approximate surface area is 91.6 Å². The molecule has 0 aliphatic rings. The van der Waals surface area contributed by atoms with E-state index in [0.29, 0.717) is 25.2 Å². The lowest BCUT2D eigenvalue weighted by atomic mass is 9.93. The van der Waals surface area contributed by atoms with Crippen molar-refractivity contribution in [3.63, 3.8) is 0 Å². The SMILES string of the molecule is CC(C)CC(CCCS(C)(=O)=O)C(=O)O. The molecule has 0 bridgehead atoms. The van der Waals surface area contributed by atoms with Crippen LogP contribution < -0.4 is 0 Å². The fraction of sp³-hybridized carbons (Fsp3) is 0.900. The zero-order valence-corrected chi connectivity index (χ0v) is 10.4. The molecule has 0 saturated heterocycles. The quantitative estimate of drug-likeness (QED) is 0.728. The van der Waals surface area contributed by atoms with Gasteiger partial charge in [0, 0.05) is 12.0 Å². The fourth-order valence-corrected chi connectivity index (χ4v) is 2.19. The molecule has 0 heterocycles. The molecule has 0 aromatic carbocycles. The van der Waals surface area contributed by atoms with Crippen LogP contribution in [0.3, 0.4) is 0 Å². The molecule has 0 saturated carbocycles. The average molecular weight is 236 g/mol. The highest BCUT2D eigenvalue weighted by atomic mass is 32.2. The molecule has 0 fully saturated rings. The number of sulfone groups is 1. The highest BCUT2D eigenvalue weighted by Crippen LogP contribution is 2.17. The van der Waals surface area contributed by atoms with E-state index in [9.17, 15) is 13.2 Å². The van der Waals surface area contributed by atoms with Gasteiger partial charge < -0.3 is 5.11 Å². The predicted molar refractivity (Wildman–Crippen MR) is 59.5 cm³/mol. The summed E-state index contributed by atoms with van der Waals surface area (Å²) in [4.78, 5) is 10.8. The van der Waals surface area contributed by atoms with Crippen LogP contribution in [0.25, 0.3) is 0 Å². The van der Waals surface area contributed by atoms with E-state index in [1.54, 1.807) is 0 Å². The van der Waals surface area contributed by atoms with Crippen LogP contribution in [0.5, 0.6) is 0 Å². The van der Waals surface area contributed by atoms with Gasteiger partial charge in [-0.3, -0.25) is 4.79 Å². The summed E-state index contributed by atoms with van der Waals surface area (Å²) in [6.07, 6.45) is 2.66. The first kappa shape index (κ1) is 14.4. The van der Waals surface area contributed by atoms with Gasteiger partial charge in [-0.25, -0.2) is 8.42 Å². The van der Waals surface area contributed by atoms with Gasteiger partial charge in [-0.2, -0.15) is 0 Å². The molecule has 0 spiro atoms. The molecule has 1 unspecified atom stereocenters. The smallest absolute Gasteiger partial charge is 0.306 e. The lowest BCUT2D eigenvalue weighted by molar-refractivity contribution is -0.142. The number of carbonyl (C=O) groups is 1. The van der Waals surface area contributed by atoms with E-state index in [4.69, 9.17) is 5.11 Å². The van der Waals surface area contributed by atoms with E-state index in [2.05, 4.69) is 0 Å². The van der Waals surface area contributed by atoms with Crippen molar-refractivity contribution in [1.29, 1.82) is 0 Å². The minimum atomic E-state index is -2.97. The van der Waals surface area contributed by atoms with Gasteiger partial charge in [0.25, 0.3) is 0 Å². The Bertz CT molecular complexity index is 293. The first-order valence-corrected chi connectivity index (χ1v) is 7.19. The maximum absolute atomic E-state index is 10.9. The maximum Gasteiger partial charge on any atom is 0.306 e. The molecule has 1 atom stereocenters. The highest BCUT2D eigenvalue weighted by Gasteiger charge is 2.18. The van der Waals surface area contributed by atoms with Crippen LogP contribution in [0.2, 0.25) is 0 Å². The molecule has 4 nitrogen and oxygen atoms in total. The van der Waals surface area contributed by atoms with Crippen LogP contribution in [-0.2, 0) is 14.6 Å². The van der Waals surface area contributed by atoms with Crippen LogP contribution in [0, 0.1) is 11.8 Å². The summed E-state index contributed by atoms with van der Waals surface area (Å²) in [6.45, 7) is 3.93. The Balaban J connectivity index is 4.03.